The number of halogens is 4. The van der Waals surface area contributed by atoms with Gasteiger partial charge < -0.3 is 0 Å². The summed E-state index contributed by atoms with van der Waals surface area (Å²) >= 11 is -3.74. The van der Waals surface area contributed by atoms with E-state index in [-0.39, 0.29) is 7.14 Å². The first-order valence-corrected chi connectivity index (χ1v) is 11.5. The van der Waals surface area contributed by atoms with Crippen molar-refractivity contribution in [2.75, 3.05) is 0 Å². The molecule has 4 nitrogen and oxygen atoms in total. The van der Waals surface area contributed by atoms with Crippen molar-refractivity contribution in [1.29, 1.82) is 0 Å². The molecule has 0 unspecified atom stereocenters. The van der Waals surface area contributed by atoms with Crippen LogP contribution >= 0.6 is 18.4 Å². The van der Waals surface area contributed by atoms with Crippen molar-refractivity contribution in [2.45, 2.75) is 12.4 Å². The van der Waals surface area contributed by atoms with Gasteiger partial charge in [0.1, 0.15) is 0 Å². The summed E-state index contributed by atoms with van der Waals surface area (Å²) in [6.07, 6.45) is 1.18. The molecule has 2 rings (SSSR count). The molecule has 0 spiro atoms. The summed E-state index contributed by atoms with van der Waals surface area (Å²) in [5.41, 5.74) is -4.91. The van der Waals surface area contributed by atoms with Crippen LogP contribution in [0.2, 0.25) is 0 Å². The van der Waals surface area contributed by atoms with Crippen molar-refractivity contribution in [3.63, 3.8) is 0 Å². The Hall–Kier alpha value is -1.10. The fourth-order valence-electron chi connectivity index (χ4n) is 1.47. The SMILES string of the molecule is Cc1[nH]ncc1I(c1ccccc1)S(=O)(=O)C(F)(F)F. The fourth-order valence-corrected chi connectivity index (χ4v) is 12.2. The van der Waals surface area contributed by atoms with E-state index in [0.29, 0.717) is 5.69 Å². The van der Waals surface area contributed by atoms with E-state index in [0.717, 1.165) is 0 Å². The van der Waals surface area contributed by atoms with E-state index < -0.39 is 31.0 Å². The average molecular weight is 418 g/mol. The molecule has 0 amide bonds. The van der Waals surface area contributed by atoms with Gasteiger partial charge in [0.05, 0.1) is 0 Å². The van der Waals surface area contributed by atoms with Crippen molar-refractivity contribution in [3.05, 3.63) is 49.4 Å². The monoisotopic (exact) mass is 418 g/mol. The van der Waals surface area contributed by atoms with E-state index in [9.17, 15) is 21.6 Å². The van der Waals surface area contributed by atoms with Gasteiger partial charge in [-0.05, 0) is 0 Å². The molecule has 0 radical (unpaired) electrons. The van der Waals surface area contributed by atoms with Crippen LogP contribution < -0.4 is 0 Å². The molecule has 0 bridgehead atoms. The van der Waals surface area contributed by atoms with Gasteiger partial charge in [-0.3, -0.25) is 0 Å². The molecule has 20 heavy (non-hydrogen) atoms. The van der Waals surface area contributed by atoms with Gasteiger partial charge in [0, 0.05) is 0 Å². The van der Waals surface area contributed by atoms with Gasteiger partial charge in [-0.25, -0.2) is 0 Å². The molecule has 0 fully saturated rings. The van der Waals surface area contributed by atoms with Gasteiger partial charge in [-0.15, -0.1) is 0 Å². The second kappa shape index (κ2) is 5.35. The van der Waals surface area contributed by atoms with E-state index in [4.69, 9.17) is 0 Å². The Morgan fingerprint density at radius 3 is 2.25 bits per heavy atom. The van der Waals surface area contributed by atoms with Crippen LogP contribution in [-0.4, -0.2) is 24.1 Å². The molecule has 1 aromatic carbocycles. The molecule has 0 saturated heterocycles. The Morgan fingerprint density at radius 2 is 1.80 bits per heavy atom. The van der Waals surface area contributed by atoms with Gasteiger partial charge in [-0.1, -0.05) is 0 Å². The van der Waals surface area contributed by atoms with Crippen LogP contribution in [0.1, 0.15) is 5.69 Å². The number of hydrogen-bond donors (Lipinski definition) is 1. The number of H-pyrrole nitrogens is 1. The second-order valence-corrected chi connectivity index (χ2v) is 14.5. The van der Waals surface area contributed by atoms with Gasteiger partial charge in [0.25, 0.3) is 0 Å². The molecule has 0 aliphatic carbocycles. The Bertz CT molecular complexity index is 698. The maximum absolute atomic E-state index is 12.9. The first-order valence-electron chi connectivity index (χ1n) is 5.32. The molecule has 1 aromatic heterocycles. The Balaban J connectivity index is 2.67. The molecule has 2 aromatic rings. The minimum absolute atomic E-state index is 0.151. The van der Waals surface area contributed by atoms with Crippen molar-refractivity contribution in [1.82, 2.24) is 10.2 Å². The van der Waals surface area contributed by atoms with Crippen LogP contribution in [0, 0.1) is 14.1 Å². The molecular formula is C11H10F3IN2O2S. The third-order valence-corrected chi connectivity index (χ3v) is 14.6. The molecule has 110 valence electrons. The van der Waals surface area contributed by atoms with Gasteiger partial charge in [-0.2, -0.15) is 0 Å². The summed E-state index contributed by atoms with van der Waals surface area (Å²) in [7, 11) is -5.24. The van der Waals surface area contributed by atoms with Gasteiger partial charge in [0.2, 0.25) is 0 Å². The number of aromatic amines is 1. The first-order chi connectivity index (χ1) is 9.25. The number of aryl methyl sites for hydroxylation is 1. The average Bonchev–Trinajstić information content (AvgIpc) is 2.76. The summed E-state index contributed by atoms with van der Waals surface area (Å²) in [5, 5.41) is 6.15. The van der Waals surface area contributed by atoms with E-state index >= 15 is 0 Å². The van der Waals surface area contributed by atoms with Crippen LogP contribution in [0.15, 0.2) is 36.5 Å². The third kappa shape index (κ3) is 2.68. The number of rotatable bonds is 3. The standard InChI is InChI=1S/C11H10F3IN2O2S/c1-8-10(7-16-17-8)15(9-5-3-2-4-6-9)20(18,19)11(12,13)14/h2-7H,1H3,(H,16,17). The fraction of sp³-hybridized carbons (Fsp3) is 0.182. The van der Waals surface area contributed by atoms with Crippen LogP contribution in [0.25, 0.3) is 0 Å². The molecule has 9 heteroatoms. The Kier molecular flexibility index (Phi) is 4.09. The van der Waals surface area contributed by atoms with Crippen LogP contribution in [0.3, 0.4) is 0 Å². The zero-order valence-electron chi connectivity index (χ0n) is 10.1. The number of benzene rings is 1. The molecule has 0 aliphatic rings. The van der Waals surface area contributed by atoms with Crippen LogP contribution in [-0.2, 0) is 7.01 Å². The molecule has 0 atom stereocenters. The van der Waals surface area contributed by atoms with E-state index in [1.165, 1.54) is 37.4 Å². The predicted octanol–water partition coefficient (Wildman–Crippen LogP) is 3.11. The van der Waals surface area contributed by atoms with Crippen molar-refractivity contribution < 1.29 is 21.6 Å². The van der Waals surface area contributed by atoms with Crippen molar-refractivity contribution in [3.8, 4) is 0 Å². The van der Waals surface area contributed by atoms with Gasteiger partial charge in [0.15, 0.2) is 0 Å². The second-order valence-electron chi connectivity index (χ2n) is 3.77. The van der Waals surface area contributed by atoms with Gasteiger partial charge >= 0.3 is 119 Å². The van der Waals surface area contributed by atoms with Crippen LogP contribution in [0.5, 0.6) is 0 Å². The number of alkyl halides is 3. The third-order valence-electron chi connectivity index (χ3n) is 2.36. The summed E-state index contributed by atoms with van der Waals surface area (Å²) in [6, 6.07) is 7.52. The molecule has 1 N–H and O–H groups in total. The number of nitrogens with one attached hydrogen (secondary N) is 1. The normalized spacial score (nSPS) is 13.3. The maximum atomic E-state index is 12.9. The summed E-state index contributed by atoms with van der Waals surface area (Å²) in [4.78, 5) is 0. The summed E-state index contributed by atoms with van der Waals surface area (Å²) < 4.78 is 62.9. The first kappa shape index (κ1) is 15.3. The van der Waals surface area contributed by atoms with Crippen molar-refractivity contribution in [2.24, 2.45) is 0 Å². The Labute approximate surface area is 119 Å². The zero-order valence-corrected chi connectivity index (χ0v) is 13.1. The molecule has 0 aliphatic heterocycles. The molecule has 0 saturated carbocycles. The number of hydrogen-bond acceptors (Lipinski definition) is 3. The number of nitrogens with zero attached hydrogens (tertiary/aromatic N) is 1. The van der Waals surface area contributed by atoms with E-state index in [1.807, 2.05) is 0 Å². The minimum atomic E-state index is -5.27. The van der Waals surface area contributed by atoms with E-state index in [1.54, 1.807) is 6.07 Å². The zero-order chi connectivity index (χ0) is 15.0. The predicted molar refractivity (Wildman–Crippen MR) is 76.2 cm³/mol. The molecule has 1 heterocycles. The summed E-state index contributed by atoms with van der Waals surface area (Å²) in [6.45, 7) is 1.52. The molecular weight excluding hydrogens is 408 g/mol. The Morgan fingerprint density at radius 1 is 1.20 bits per heavy atom. The topological polar surface area (TPSA) is 62.8 Å². The summed E-state index contributed by atoms with van der Waals surface area (Å²) in [5.74, 6) is 0. The van der Waals surface area contributed by atoms with E-state index in [2.05, 4.69) is 10.2 Å². The quantitative estimate of drug-likeness (QED) is 0.616. The van der Waals surface area contributed by atoms with Crippen molar-refractivity contribution >= 4 is 25.4 Å². The van der Waals surface area contributed by atoms with Crippen LogP contribution in [0.4, 0.5) is 13.2 Å². The number of aromatic nitrogens is 2.